The monoisotopic (exact) mass is 333 g/mol. The van der Waals surface area contributed by atoms with E-state index in [9.17, 15) is 14.4 Å². The van der Waals surface area contributed by atoms with Gasteiger partial charge < -0.3 is 19.8 Å². The summed E-state index contributed by atoms with van der Waals surface area (Å²) in [5.41, 5.74) is -0.629. The highest BCUT2D eigenvalue weighted by Gasteiger charge is 2.49. The molecule has 0 aliphatic rings. The molecule has 0 spiro atoms. The number of nitrogens with one attached hydrogen (secondary N) is 2. The number of rotatable bonds is 5. The molecule has 2 heterocycles. The Hall–Kier alpha value is -2.90. The molecular formula is C16H19N3O5. The summed E-state index contributed by atoms with van der Waals surface area (Å²) in [6.07, 6.45) is 4.72. The van der Waals surface area contributed by atoms with Crippen molar-refractivity contribution in [3.8, 4) is 0 Å². The van der Waals surface area contributed by atoms with Gasteiger partial charge in [-0.05, 0) is 19.9 Å². The Morgan fingerprint density at radius 1 is 1.21 bits per heavy atom. The maximum Gasteiger partial charge on any atom is 0.325 e. The molecular weight excluding hydrogens is 314 g/mol. The van der Waals surface area contributed by atoms with Gasteiger partial charge in [0.15, 0.2) is 5.41 Å². The minimum absolute atomic E-state index is 0.331. The lowest BCUT2D eigenvalue weighted by Crippen LogP contribution is -2.54. The second-order valence-corrected chi connectivity index (χ2v) is 5.51. The molecule has 1 atom stereocenters. The lowest BCUT2D eigenvalue weighted by molar-refractivity contribution is -0.169. The SMILES string of the molecule is COC(=O)C(C)(C(=O)OC)C(C)NC(=O)c1cncc2[nH]ccc12. The molecule has 24 heavy (non-hydrogen) atoms. The van der Waals surface area contributed by atoms with Gasteiger partial charge in [0, 0.05) is 17.8 Å². The molecule has 0 saturated heterocycles. The van der Waals surface area contributed by atoms with E-state index < -0.39 is 29.3 Å². The minimum Gasteiger partial charge on any atom is -0.468 e. The minimum atomic E-state index is -1.67. The first-order valence-electron chi connectivity index (χ1n) is 7.25. The molecule has 8 heteroatoms. The number of hydrogen-bond acceptors (Lipinski definition) is 6. The van der Waals surface area contributed by atoms with E-state index in [0.717, 1.165) is 0 Å². The third-order valence-corrected chi connectivity index (χ3v) is 4.15. The highest BCUT2D eigenvalue weighted by Crippen LogP contribution is 2.26. The largest absolute Gasteiger partial charge is 0.468 e. The molecule has 128 valence electrons. The summed E-state index contributed by atoms with van der Waals surface area (Å²) in [4.78, 5) is 43.7. The number of esters is 2. The summed E-state index contributed by atoms with van der Waals surface area (Å²) < 4.78 is 9.39. The van der Waals surface area contributed by atoms with Gasteiger partial charge in [0.25, 0.3) is 5.91 Å². The van der Waals surface area contributed by atoms with Gasteiger partial charge in [-0.15, -0.1) is 0 Å². The van der Waals surface area contributed by atoms with Crippen LogP contribution in [-0.4, -0.2) is 48.1 Å². The smallest absolute Gasteiger partial charge is 0.325 e. The van der Waals surface area contributed by atoms with Gasteiger partial charge in [-0.1, -0.05) is 0 Å². The van der Waals surface area contributed by atoms with Crippen LogP contribution in [0.2, 0.25) is 0 Å². The molecule has 0 aliphatic carbocycles. The molecule has 0 radical (unpaired) electrons. The standard InChI is InChI=1S/C16H19N3O5/c1-9(16(2,14(21)23-3)15(22)24-4)19-13(20)11-7-17-8-12-10(11)5-6-18-12/h5-9,18H,1-4H3,(H,19,20). The van der Waals surface area contributed by atoms with E-state index in [4.69, 9.17) is 9.47 Å². The van der Waals surface area contributed by atoms with Gasteiger partial charge in [0.05, 0.1) is 37.5 Å². The molecule has 0 saturated carbocycles. The zero-order chi connectivity index (χ0) is 17.9. The van der Waals surface area contributed by atoms with Crippen LogP contribution in [0.1, 0.15) is 24.2 Å². The van der Waals surface area contributed by atoms with Crippen LogP contribution in [0.25, 0.3) is 10.9 Å². The van der Waals surface area contributed by atoms with Crippen molar-refractivity contribution in [3.63, 3.8) is 0 Å². The molecule has 1 amide bonds. The number of fused-ring (bicyclic) bond motifs is 1. The number of carbonyl (C=O) groups is 3. The normalized spacial score (nSPS) is 12.5. The predicted octanol–water partition coefficient (Wildman–Crippen LogP) is 1.03. The quantitative estimate of drug-likeness (QED) is 0.625. The summed E-state index contributed by atoms with van der Waals surface area (Å²) in [6.45, 7) is 2.90. The molecule has 2 aromatic rings. The van der Waals surface area contributed by atoms with Crippen LogP contribution in [0.3, 0.4) is 0 Å². The number of aromatic nitrogens is 2. The van der Waals surface area contributed by atoms with Crippen molar-refractivity contribution in [2.75, 3.05) is 14.2 Å². The fraction of sp³-hybridized carbons (Fsp3) is 0.375. The first-order chi connectivity index (χ1) is 11.4. The maximum atomic E-state index is 12.6. The second-order valence-electron chi connectivity index (χ2n) is 5.51. The lowest BCUT2D eigenvalue weighted by atomic mass is 9.83. The molecule has 0 fully saturated rings. The van der Waals surface area contributed by atoms with E-state index in [1.165, 1.54) is 34.3 Å². The van der Waals surface area contributed by atoms with Crippen LogP contribution >= 0.6 is 0 Å². The van der Waals surface area contributed by atoms with Gasteiger partial charge in [0.1, 0.15) is 0 Å². The van der Waals surface area contributed by atoms with Crippen molar-refractivity contribution in [1.82, 2.24) is 15.3 Å². The average Bonchev–Trinajstić information content (AvgIpc) is 3.07. The fourth-order valence-corrected chi connectivity index (χ4v) is 2.44. The van der Waals surface area contributed by atoms with Crippen molar-refractivity contribution >= 4 is 28.7 Å². The summed E-state index contributed by atoms with van der Waals surface area (Å²) in [7, 11) is 2.34. The lowest BCUT2D eigenvalue weighted by Gasteiger charge is -2.30. The molecule has 8 nitrogen and oxygen atoms in total. The van der Waals surface area contributed by atoms with E-state index in [1.54, 1.807) is 18.5 Å². The van der Waals surface area contributed by atoms with E-state index >= 15 is 0 Å². The van der Waals surface area contributed by atoms with Gasteiger partial charge >= 0.3 is 11.9 Å². The van der Waals surface area contributed by atoms with Crippen LogP contribution in [0.4, 0.5) is 0 Å². The van der Waals surface area contributed by atoms with E-state index in [0.29, 0.717) is 16.5 Å². The van der Waals surface area contributed by atoms with Crippen LogP contribution < -0.4 is 5.32 Å². The number of amides is 1. The molecule has 0 bridgehead atoms. The predicted molar refractivity (Wildman–Crippen MR) is 85.2 cm³/mol. The Morgan fingerprint density at radius 2 is 1.83 bits per heavy atom. The first kappa shape index (κ1) is 17.5. The number of H-pyrrole nitrogens is 1. The number of hydrogen-bond donors (Lipinski definition) is 2. The van der Waals surface area contributed by atoms with Gasteiger partial charge in [-0.25, -0.2) is 0 Å². The number of methoxy groups -OCH3 is 2. The van der Waals surface area contributed by atoms with Crippen molar-refractivity contribution < 1.29 is 23.9 Å². The zero-order valence-electron chi connectivity index (χ0n) is 13.9. The molecule has 0 aliphatic heterocycles. The maximum absolute atomic E-state index is 12.6. The summed E-state index contributed by atoms with van der Waals surface area (Å²) in [5, 5.41) is 3.34. The third kappa shape index (κ3) is 2.82. The molecule has 0 aromatic carbocycles. The van der Waals surface area contributed by atoms with E-state index in [2.05, 4.69) is 15.3 Å². The fourth-order valence-electron chi connectivity index (χ4n) is 2.44. The summed E-state index contributed by atoms with van der Waals surface area (Å²) >= 11 is 0. The zero-order valence-corrected chi connectivity index (χ0v) is 13.9. The Labute approximate surface area is 138 Å². The van der Waals surface area contributed by atoms with Crippen molar-refractivity contribution in [3.05, 3.63) is 30.2 Å². The number of nitrogens with zero attached hydrogens (tertiary/aromatic N) is 1. The Morgan fingerprint density at radius 3 is 2.42 bits per heavy atom. The Bertz CT molecular complexity index is 767. The molecule has 1 unspecified atom stereocenters. The van der Waals surface area contributed by atoms with Crippen LogP contribution in [0.15, 0.2) is 24.7 Å². The van der Waals surface area contributed by atoms with Crippen molar-refractivity contribution in [2.45, 2.75) is 19.9 Å². The second kappa shape index (κ2) is 6.69. The third-order valence-electron chi connectivity index (χ3n) is 4.15. The first-order valence-corrected chi connectivity index (χ1v) is 7.25. The number of aromatic amines is 1. The van der Waals surface area contributed by atoms with Crippen molar-refractivity contribution in [2.24, 2.45) is 5.41 Å². The van der Waals surface area contributed by atoms with E-state index in [1.807, 2.05) is 0 Å². The number of pyridine rings is 1. The number of ether oxygens (including phenoxy) is 2. The highest BCUT2D eigenvalue weighted by molar-refractivity contribution is 6.07. The number of carbonyl (C=O) groups excluding carboxylic acids is 3. The molecule has 2 aromatic heterocycles. The molecule has 2 rings (SSSR count). The average molecular weight is 333 g/mol. The summed E-state index contributed by atoms with van der Waals surface area (Å²) in [5.74, 6) is -2.04. The Balaban J connectivity index is 2.31. The van der Waals surface area contributed by atoms with Crippen LogP contribution in [0, 0.1) is 5.41 Å². The van der Waals surface area contributed by atoms with Crippen LogP contribution in [0.5, 0.6) is 0 Å². The topological polar surface area (TPSA) is 110 Å². The van der Waals surface area contributed by atoms with Crippen LogP contribution in [-0.2, 0) is 19.1 Å². The summed E-state index contributed by atoms with van der Waals surface area (Å²) in [6, 6.07) is 0.884. The van der Waals surface area contributed by atoms with Gasteiger partial charge in [-0.3, -0.25) is 19.4 Å². The van der Waals surface area contributed by atoms with Crippen molar-refractivity contribution in [1.29, 1.82) is 0 Å². The van der Waals surface area contributed by atoms with E-state index in [-0.39, 0.29) is 0 Å². The molecule has 2 N–H and O–H groups in total. The highest BCUT2D eigenvalue weighted by atomic mass is 16.5. The van der Waals surface area contributed by atoms with Gasteiger partial charge in [0.2, 0.25) is 0 Å². The Kier molecular flexibility index (Phi) is 4.87. The van der Waals surface area contributed by atoms with Gasteiger partial charge in [-0.2, -0.15) is 0 Å².